The SMILES string of the molecule is C[C@@H](NC1CCN(C(=O)N(C)C)CC1)c1ccc(F)cc1. The molecule has 1 aliphatic rings. The van der Waals surface area contributed by atoms with E-state index < -0.39 is 0 Å². The largest absolute Gasteiger partial charge is 0.331 e. The van der Waals surface area contributed by atoms with Crippen LogP contribution in [0.3, 0.4) is 0 Å². The van der Waals surface area contributed by atoms with Crippen LogP contribution in [0.2, 0.25) is 0 Å². The second-order valence-electron chi connectivity index (χ2n) is 5.88. The highest BCUT2D eigenvalue weighted by Crippen LogP contribution is 2.18. The van der Waals surface area contributed by atoms with E-state index in [1.165, 1.54) is 12.1 Å². The number of carbonyl (C=O) groups excluding carboxylic acids is 1. The lowest BCUT2D eigenvalue weighted by Gasteiger charge is -2.35. The number of likely N-dealkylation sites (tertiary alicyclic amines) is 1. The number of benzene rings is 1. The first-order chi connectivity index (χ1) is 9.97. The Labute approximate surface area is 125 Å². The Morgan fingerprint density at radius 2 is 1.86 bits per heavy atom. The zero-order chi connectivity index (χ0) is 15.4. The molecule has 1 aliphatic heterocycles. The molecule has 0 bridgehead atoms. The van der Waals surface area contributed by atoms with Gasteiger partial charge in [0, 0.05) is 39.3 Å². The molecule has 21 heavy (non-hydrogen) atoms. The predicted molar refractivity (Wildman–Crippen MR) is 81.6 cm³/mol. The summed E-state index contributed by atoms with van der Waals surface area (Å²) in [6.45, 7) is 3.65. The molecule has 0 unspecified atom stereocenters. The molecule has 1 fully saturated rings. The molecule has 0 aliphatic carbocycles. The molecule has 116 valence electrons. The van der Waals surface area contributed by atoms with Gasteiger partial charge in [-0.25, -0.2) is 9.18 Å². The van der Waals surface area contributed by atoms with Crippen LogP contribution in [0.4, 0.5) is 9.18 Å². The number of halogens is 1. The molecule has 2 rings (SSSR count). The van der Waals surface area contributed by atoms with E-state index >= 15 is 0 Å². The summed E-state index contributed by atoms with van der Waals surface area (Å²) in [5.74, 6) is -0.207. The van der Waals surface area contributed by atoms with E-state index in [9.17, 15) is 9.18 Å². The van der Waals surface area contributed by atoms with Crippen molar-refractivity contribution in [3.63, 3.8) is 0 Å². The first-order valence-electron chi connectivity index (χ1n) is 7.45. The van der Waals surface area contributed by atoms with E-state index in [0.717, 1.165) is 31.5 Å². The molecule has 0 saturated carbocycles. The lowest BCUT2D eigenvalue weighted by atomic mass is 10.0. The third-order valence-corrected chi connectivity index (χ3v) is 4.00. The van der Waals surface area contributed by atoms with Gasteiger partial charge in [-0.15, -0.1) is 0 Å². The van der Waals surface area contributed by atoms with Crippen LogP contribution in [0.15, 0.2) is 24.3 Å². The summed E-state index contributed by atoms with van der Waals surface area (Å²) >= 11 is 0. The van der Waals surface area contributed by atoms with Gasteiger partial charge in [0.1, 0.15) is 5.82 Å². The van der Waals surface area contributed by atoms with Gasteiger partial charge in [0.05, 0.1) is 0 Å². The maximum atomic E-state index is 12.9. The summed E-state index contributed by atoms with van der Waals surface area (Å²) in [7, 11) is 3.56. The second-order valence-corrected chi connectivity index (χ2v) is 5.88. The van der Waals surface area contributed by atoms with Gasteiger partial charge in [-0.2, -0.15) is 0 Å². The molecule has 0 radical (unpaired) electrons. The summed E-state index contributed by atoms with van der Waals surface area (Å²) in [5.41, 5.74) is 1.09. The molecular weight excluding hydrogens is 269 g/mol. The lowest BCUT2D eigenvalue weighted by molar-refractivity contribution is 0.151. The molecule has 1 aromatic rings. The van der Waals surface area contributed by atoms with Crippen LogP contribution < -0.4 is 5.32 Å². The smallest absolute Gasteiger partial charge is 0.319 e. The summed E-state index contributed by atoms with van der Waals surface area (Å²) in [6.07, 6.45) is 1.90. The van der Waals surface area contributed by atoms with Gasteiger partial charge in [0.2, 0.25) is 0 Å². The number of rotatable bonds is 3. The van der Waals surface area contributed by atoms with Crippen LogP contribution in [-0.2, 0) is 0 Å². The molecule has 2 amide bonds. The van der Waals surface area contributed by atoms with E-state index in [2.05, 4.69) is 12.2 Å². The average molecular weight is 293 g/mol. The van der Waals surface area contributed by atoms with Gasteiger partial charge in [-0.1, -0.05) is 12.1 Å². The van der Waals surface area contributed by atoms with E-state index in [1.54, 1.807) is 19.0 Å². The van der Waals surface area contributed by atoms with Crippen molar-refractivity contribution in [3.05, 3.63) is 35.6 Å². The molecule has 0 spiro atoms. The zero-order valence-corrected chi connectivity index (χ0v) is 13.0. The fourth-order valence-electron chi connectivity index (χ4n) is 2.72. The lowest BCUT2D eigenvalue weighted by Crippen LogP contribution is -2.48. The number of carbonyl (C=O) groups is 1. The first kappa shape index (κ1) is 15.8. The Kier molecular flexibility index (Phi) is 5.17. The molecule has 1 saturated heterocycles. The van der Waals surface area contributed by atoms with Crippen LogP contribution in [0, 0.1) is 5.82 Å². The highest BCUT2D eigenvalue weighted by Gasteiger charge is 2.24. The zero-order valence-electron chi connectivity index (χ0n) is 13.0. The maximum Gasteiger partial charge on any atom is 0.319 e. The van der Waals surface area contributed by atoms with Gasteiger partial charge < -0.3 is 15.1 Å². The second kappa shape index (κ2) is 6.89. The van der Waals surface area contributed by atoms with Crippen LogP contribution >= 0.6 is 0 Å². The topological polar surface area (TPSA) is 35.6 Å². The van der Waals surface area contributed by atoms with E-state index in [0.29, 0.717) is 6.04 Å². The Morgan fingerprint density at radius 3 is 2.38 bits per heavy atom. The third kappa shape index (κ3) is 4.17. The molecular formula is C16H24FN3O. The quantitative estimate of drug-likeness (QED) is 0.930. The Morgan fingerprint density at radius 1 is 1.29 bits per heavy atom. The van der Waals surface area contributed by atoms with Crippen LogP contribution in [-0.4, -0.2) is 49.1 Å². The third-order valence-electron chi connectivity index (χ3n) is 4.00. The monoisotopic (exact) mass is 293 g/mol. The van der Waals surface area contributed by atoms with Gasteiger partial charge in [-0.05, 0) is 37.5 Å². The molecule has 4 nitrogen and oxygen atoms in total. The Bertz CT molecular complexity index is 467. The van der Waals surface area contributed by atoms with Gasteiger partial charge in [0.25, 0.3) is 0 Å². The predicted octanol–water partition coefficient (Wildman–Crippen LogP) is 2.62. The average Bonchev–Trinajstić information content (AvgIpc) is 2.47. The fraction of sp³-hybridized carbons (Fsp3) is 0.562. The Balaban J connectivity index is 1.83. The van der Waals surface area contributed by atoms with Crippen molar-refractivity contribution in [2.45, 2.75) is 31.8 Å². The van der Waals surface area contributed by atoms with Crippen molar-refractivity contribution in [2.24, 2.45) is 0 Å². The van der Waals surface area contributed by atoms with Crippen molar-refractivity contribution in [2.75, 3.05) is 27.2 Å². The highest BCUT2D eigenvalue weighted by atomic mass is 19.1. The van der Waals surface area contributed by atoms with Crippen molar-refractivity contribution in [3.8, 4) is 0 Å². The standard InChI is InChI=1S/C16H24FN3O/c1-12(13-4-6-14(17)7-5-13)18-15-8-10-20(11-9-15)16(21)19(2)3/h4-7,12,15,18H,8-11H2,1-3H3/t12-/m1/s1. The molecule has 1 atom stereocenters. The van der Waals surface area contributed by atoms with Crippen molar-refractivity contribution in [1.82, 2.24) is 15.1 Å². The van der Waals surface area contributed by atoms with E-state index in [1.807, 2.05) is 17.0 Å². The van der Waals surface area contributed by atoms with Crippen LogP contribution in [0.25, 0.3) is 0 Å². The number of hydrogen-bond donors (Lipinski definition) is 1. The van der Waals surface area contributed by atoms with Crippen LogP contribution in [0.1, 0.15) is 31.4 Å². The number of urea groups is 1. The normalized spacial score (nSPS) is 17.6. The number of piperidine rings is 1. The van der Waals surface area contributed by atoms with Crippen molar-refractivity contribution in [1.29, 1.82) is 0 Å². The van der Waals surface area contributed by atoms with E-state index in [-0.39, 0.29) is 17.9 Å². The number of nitrogens with zero attached hydrogens (tertiary/aromatic N) is 2. The van der Waals surface area contributed by atoms with Crippen molar-refractivity contribution >= 4 is 6.03 Å². The van der Waals surface area contributed by atoms with Crippen LogP contribution in [0.5, 0.6) is 0 Å². The minimum Gasteiger partial charge on any atom is -0.331 e. The van der Waals surface area contributed by atoms with Crippen molar-refractivity contribution < 1.29 is 9.18 Å². The summed E-state index contributed by atoms with van der Waals surface area (Å²) in [4.78, 5) is 15.4. The minimum atomic E-state index is -0.207. The van der Waals surface area contributed by atoms with Gasteiger partial charge in [0.15, 0.2) is 0 Å². The number of nitrogens with one attached hydrogen (secondary N) is 1. The summed E-state index contributed by atoms with van der Waals surface area (Å²) in [6, 6.07) is 7.29. The number of hydrogen-bond acceptors (Lipinski definition) is 2. The fourth-order valence-corrected chi connectivity index (χ4v) is 2.72. The van der Waals surface area contributed by atoms with Gasteiger partial charge in [-0.3, -0.25) is 0 Å². The highest BCUT2D eigenvalue weighted by molar-refractivity contribution is 5.73. The molecule has 1 N–H and O–H groups in total. The molecule has 5 heteroatoms. The molecule has 1 aromatic carbocycles. The summed E-state index contributed by atoms with van der Waals surface area (Å²) < 4.78 is 12.9. The van der Waals surface area contributed by atoms with E-state index in [4.69, 9.17) is 0 Å². The van der Waals surface area contributed by atoms with Gasteiger partial charge >= 0.3 is 6.03 Å². The minimum absolute atomic E-state index is 0.0834. The number of amides is 2. The molecule has 0 aromatic heterocycles. The molecule has 1 heterocycles. The maximum absolute atomic E-state index is 12.9. The Hall–Kier alpha value is -1.62. The summed E-state index contributed by atoms with van der Waals surface area (Å²) in [5, 5.41) is 3.57. The first-order valence-corrected chi connectivity index (χ1v) is 7.45.